The van der Waals surface area contributed by atoms with Gasteiger partial charge in [-0.05, 0) is 77.9 Å². The molecule has 3 aromatic heterocycles. The van der Waals surface area contributed by atoms with Crippen LogP contribution in [0.2, 0.25) is 0 Å². The van der Waals surface area contributed by atoms with Crippen LogP contribution >= 0.6 is 34.0 Å². The zero-order valence-corrected chi connectivity index (χ0v) is 27.1. The van der Waals surface area contributed by atoms with Gasteiger partial charge in [0.25, 0.3) is 0 Å². The average molecular weight is 640 g/mol. The van der Waals surface area contributed by atoms with Crippen LogP contribution in [0, 0.1) is 0 Å². The van der Waals surface area contributed by atoms with Crippen molar-refractivity contribution in [2.24, 2.45) is 0 Å². The van der Waals surface area contributed by atoms with Crippen LogP contribution in [0.5, 0.6) is 0 Å². The predicted molar refractivity (Wildman–Crippen MR) is 205 cm³/mol. The average Bonchev–Trinajstić information content (AvgIpc) is 3.80. The maximum absolute atomic E-state index is 2.42. The summed E-state index contributed by atoms with van der Waals surface area (Å²) in [5.74, 6) is 0. The van der Waals surface area contributed by atoms with Crippen molar-refractivity contribution in [2.75, 3.05) is 4.90 Å². The normalized spacial score (nSPS) is 11.9. The molecule has 0 aliphatic carbocycles. The molecule has 0 N–H and O–H groups in total. The first-order chi connectivity index (χ1) is 22.8. The molecule has 3 heterocycles. The highest BCUT2D eigenvalue weighted by molar-refractivity contribution is 7.26. The molecular weight excluding hydrogens is 615 g/mol. The van der Waals surface area contributed by atoms with Crippen molar-refractivity contribution in [3.05, 3.63) is 152 Å². The van der Waals surface area contributed by atoms with Crippen molar-refractivity contribution in [1.29, 1.82) is 0 Å². The molecule has 0 amide bonds. The molecule has 0 saturated heterocycles. The Kier molecular flexibility index (Phi) is 5.85. The van der Waals surface area contributed by atoms with Crippen molar-refractivity contribution in [3.63, 3.8) is 0 Å². The fourth-order valence-corrected chi connectivity index (χ4v) is 10.3. The second kappa shape index (κ2) is 10.3. The maximum atomic E-state index is 2.42. The number of anilines is 3. The first-order valence-electron chi connectivity index (χ1n) is 15.4. The summed E-state index contributed by atoms with van der Waals surface area (Å²) >= 11 is 5.61. The van der Waals surface area contributed by atoms with Gasteiger partial charge in [0, 0.05) is 77.6 Å². The van der Waals surface area contributed by atoms with Gasteiger partial charge in [0.1, 0.15) is 0 Å². The number of benzene rings is 7. The third-order valence-corrected chi connectivity index (χ3v) is 12.6. The van der Waals surface area contributed by atoms with Gasteiger partial charge in [-0.1, -0.05) is 84.9 Å². The largest absolute Gasteiger partial charge is 0.310 e. The molecule has 0 aliphatic rings. The van der Waals surface area contributed by atoms with Crippen LogP contribution in [0.4, 0.5) is 17.1 Å². The fourth-order valence-electron chi connectivity index (χ4n) is 6.92. The maximum Gasteiger partial charge on any atom is 0.0468 e. The van der Waals surface area contributed by atoms with E-state index in [1.54, 1.807) is 0 Å². The Labute approximate surface area is 277 Å². The second-order valence-corrected chi connectivity index (χ2v) is 14.9. The van der Waals surface area contributed by atoms with Gasteiger partial charge in [-0.25, -0.2) is 0 Å². The molecule has 7 aromatic carbocycles. The Morgan fingerprint density at radius 1 is 0.326 bits per heavy atom. The summed E-state index contributed by atoms with van der Waals surface area (Å²) in [6.45, 7) is 0. The molecular formula is C42H25NS3. The highest BCUT2D eigenvalue weighted by Gasteiger charge is 2.17. The van der Waals surface area contributed by atoms with Crippen molar-refractivity contribution < 1.29 is 0 Å². The van der Waals surface area contributed by atoms with Gasteiger partial charge in [-0.2, -0.15) is 0 Å². The van der Waals surface area contributed by atoms with Crippen molar-refractivity contribution in [3.8, 4) is 11.1 Å². The van der Waals surface area contributed by atoms with E-state index in [-0.39, 0.29) is 0 Å². The van der Waals surface area contributed by atoms with Crippen LogP contribution in [-0.4, -0.2) is 0 Å². The summed E-state index contributed by atoms with van der Waals surface area (Å²) in [5.41, 5.74) is 5.99. The zero-order valence-electron chi connectivity index (χ0n) is 24.6. The first kappa shape index (κ1) is 26.2. The van der Waals surface area contributed by atoms with Gasteiger partial charge in [0.15, 0.2) is 0 Å². The standard InChI is InChI=1S/C42H25NS3/c1-6-15-39-31(8-1)34-12-7-11-30(42(34)46-39)26-16-18-27(19-17-26)43(28-20-22-40-35(24-28)32-9-2-4-13-37(32)44-40)29-21-23-41-36(25-29)33-10-3-5-14-38(33)45-41/h1-25H. The molecule has 0 radical (unpaired) electrons. The molecule has 10 rings (SSSR count). The number of nitrogens with zero attached hydrogens (tertiary/aromatic N) is 1. The Hall–Kier alpha value is -5.00. The molecule has 0 atom stereocenters. The van der Waals surface area contributed by atoms with Crippen LogP contribution in [0.3, 0.4) is 0 Å². The highest BCUT2D eigenvalue weighted by atomic mass is 32.1. The van der Waals surface area contributed by atoms with Crippen LogP contribution < -0.4 is 4.90 Å². The molecule has 10 aromatic rings. The Morgan fingerprint density at radius 3 is 1.37 bits per heavy atom. The third-order valence-electron chi connectivity index (χ3n) is 9.08. The van der Waals surface area contributed by atoms with E-state index in [4.69, 9.17) is 0 Å². The van der Waals surface area contributed by atoms with Crippen LogP contribution in [0.25, 0.3) is 71.6 Å². The van der Waals surface area contributed by atoms with E-state index in [2.05, 4.69) is 157 Å². The molecule has 0 spiro atoms. The number of hydrogen-bond acceptors (Lipinski definition) is 4. The lowest BCUT2D eigenvalue weighted by atomic mass is 10.0. The zero-order chi connectivity index (χ0) is 30.2. The lowest BCUT2D eigenvalue weighted by Gasteiger charge is -2.26. The lowest BCUT2D eigenvalue weighted by molar-refractivity contribution is 1.30. The topological polar surface area (TPSA) is 3.24 Å². The molecule has 46 heavy (non-hydrogen) atoms. The Bertz CT molecular complexity index is 2650. The summed E-state index contributed by atoms with van der Waals surface area (Å²) in [7, 11) is 0. The summed E-state index contributed by atoms with van der Waals surface area (Å²) < 4.78 is 7.96. The van der Waals surface area contributed by atoms with Gasteiger partial charge in [-0.3, -0.25) is 0 Å². The van der Waals surface area contributed by atoms with E-state index < -0.39 is 0 Å². The summed E-state index contributed by atoms with van der Waals surface area (Å²) in [6.07, 6.45) is 0. The van der Waals surface area contributed by atoms with Gasteiger partial charge >= 0.3 is 0 Å². The van der Waals surface area contributed by atoms with E-state index in [1.807, 2.05) is 34.0 Å². The summed E-state index contributed by atoms with van der Waals surface area (Å²) in [6, 6.07) is 56.0. The quantitative estimate of drug-likeness (QED) is 0.185. The molecule has 0 fully saturated rings. The SMILES string of the molecule is c1ccc2c(c1)sc1ccc(N(c3ccc(-c4cccc5c4sc4ccccc45)cc3)c3ccc4sc5ccccc5c4c3)cc12. The van der Waals surface area contributed by atoms with E-state index in [9.17, 15) is 0 Å². The molecule has 0 bridgehead atoms. The molecule has 0 saturated carbocycles. The van der Waals surface area contributed by atoms with Gasteiger partial charge in [0.05, 0.1) is 0 Å². The van der Waals surface area contributed by atoms with Crippen molar-refractivity contribution in [2.45, 2.75) is 0 Å². The van der Waals surface area contributed by atoms with Crippen molar-refractivity contribution in [1.82, 2.24) is 0 Å². The van der Waals surface area contributed by atoms with E-state index in [0.717, 1.165) is 17.1 Å². The molecule has 4 heteroatoms. The van der Waals surface area contributed by atoms with Gasteiger partial charge < -0.3 is 4.90 Å². The molecule has 0 aliphatic heterocycles. The van der Waals surface area contributed by atoms with Gasteiger partial charge in [0.2, 0.25) is 0 Å². The molecule has 0 unspecified atom stereocenters. The molecule has 1 nitrogen and oxygen atoms in total. The summed E-state index contributed by atoms with van der Waals surface area (Å²) in [5, 5.41) is 7.90. The lowest BCUT2D eigenvalue weighted by Crippen LogP contribution is -2.09. The predicted octanol–water partition coefficient (Wildman–Crippen LogP) is 13.9. The smallest absolute Gasteiger partial charge is 0.0468 e. The van der Waals surface area contributed by atoms with Crippen LogP contribution in [-0.2, 0) is 0 Å². The Balaban J connectivity index is 1.15. The highest BCUT2D eigenvalue weighted by Crippen LogP contribution is 2.44. The third kappa shape index (κ3) is 4.04. The Morgan fingerprint density at radius 2 is 0.783 bits per heavy atom. The number of thiophene rings is 3. The first-order valence-corrected chi connectivity index (χ1v) is 17.9. The summed E-state index contributed by atoms with van der Waals surface area (Å²) in [4.78, 5) is 2.42. The van der Waals surface area contributed by atoms with E-state index in [1.165, 1.54) is 71.6 Å². The van der Waals surface area contributed by atoms with Gasteiger partial charge in [-0.15, -0.1) is 34.0 Å². The van der Waals surface area contributed by atoms with Crippen molar-refractivity contribution >= 4 is 112 Å². The minimum absolute atomic E-state index is 1.14. The number of rotatable bonds is 4. The van der Waals surface area contributed by atoms with Crippen LogP contribution in [0.1, 0.15) is 0 Å². The number of fused-ring (bicyclic) bond motifs is 9. The monoisotopic (exact) mass is 639 g/mol. The number of hydrogen-bond donors (Lipinski definition) is 0. The van der Waals surface area contributed by atoms with E-state index in [0.29, 0.717) is 0 Å². The minimum atomic E-state index is 1.14. The molecule has 216 valence electrons. The minimum Gasteiger partial charge on any atom is -0.310 e. The van der Waals surface area contributed by atoms with Crippen LogP contribution in [0.15, 0.2) is 152 Å². The fraction of sp³-hybridized carbons (Fsp3) is 0. The van der Waals surface area contributed by atoms with E-state index >= 15 is 0 Å². The second-order valence-electron chi connectivity index (χ2n) is 11.7.